The first-order chi connectivity index (χ1) is 11.7. The second-order valence-electron chi connectivity index (χ2n) is 6.97. The van der Waals surface area contributed by atoms with Crippen LogP contribution in [0, 0.1) is 5.92 Å². The van der Waals surface area contributed by atoms with Crippen LogP contribution in [0.1, 0.15) is 44.1 Å². The lowest BCUT2D eigenvalue weighted by Crippen LogP contribution is -2.42. The van der Waals surface area contributed by atoms with Gasteiger partial charge in [-0.2, -0.15) is 0 Å². The summed E-state index contributed by atoms with van der Waals surface area (Å²) in [6, 6.07) is 3.87. The standard InChI is InChI=1S/C18H26N4O2.2ClH/c23-17(22-24)8-6-15-5-7-16(20-12-15)21-18(9-10-19-13-18)11-14-3-1-2-4-14;;/h5-8,12,14,19,24H,1-4,9-11,13H2,(H,20,21)(H,22,23);2*1H/b8-6+;;/t18-;;/m0../s1. The van der Waals surface area contributed by atoms with Gasteiger partial charge in [0.2, 0.25) is 0 Å². The van der Waals surface area contributed by atoms with Crippen LogP contribution in [0.25, 0.3) is 6.08 Å². The molecule has 2 heterocycles. The Morgan fingerprint density at radius 2 is 2.12 bits per heavy atom. The van der Waals surface area contributed by atoms with E-state index in [4.69, 9.17) is 5.21 Å². The molecule has 0 aromatic carbocycles. The number of amides is 1. The molecule has 146 valence electrons. The molecule has 26 heavy (non-hydrogen) atoms. The fraction of sp³-hybridized carbons (Fsp3) is 0.556. The zero-order valence-electron chi connectivity index (χ0n) is 14.7. The molecule has 6 nitrogen and oxygen atoms in total. The fourth-order valence-electron chi connectivity index (χ4n) is 3.90. The first kappa shape index (κ1) is 22.7. The van der Waals surface area contributed by atoms with Gasteiger partial charge in [0.05, 0.1) is 5.54 Å². The molecule has 2 fully saturated rings. The number of hydrogen-bond donors (Lipinski definition) is 4. The van der Waals surface area contributed by atoms with Crippen LogP contribution < -0.4 is 16.1 Å². The van der Waals surface area contributed by atoms with Crippen molar-refractivity contribution in [3.8, 4) is 0 Å². The molecule has 1 aromatic heterocycles. The summed E-state index contributed by atoms with van der Waals surface area (Å²) in [6.07, 6.45) is 12.4. The Balaban J connectivity index is 0.00000169. The molecule has 1 aliphatic carbocycles. The number of nitrogens with one attached hydrogen (secondary N) is 3. The Morgan fingerprint density at radius 1 is 1.35 bits per heavy atom. The highest BCUT2D eigenvalue weighted by Crippen LogP contribution is 2.35. The van der Waals surface area contributed by atoms with E-state index < -0.39 is 5.91 Å². The first-order valence-electron chi connectivity index (χ1n) is 8.76. The van der Waals surface area contributed by atoms with Gasteiger partial charge in [-0.15, -0.1) is 24.8 Å². The Kier molecular flexibility index (Phi) is 9.36. The van der Waals surface area contributed by atoms with Gasteiger partial charge in [0, 0.05) is 18.8 Å². The van der Waals surface area contributed by atoms with Crippen molar-refractivity contribution >= 4 is 42.6 Å². The molecule has 1 aliphatic heterocycles. The minimum absolute atomic E-state index is 0. The van der Waals surface area contributed by atoms with Gasteiger partial charge in [-0.25, -0.2) is 10.5 Å². The second kappa shape index (κ2) is 10.7. The molecule has 1 aromatic rings. The van der Waals surface area contributed by atoms with Gasteiger partial charge in [-0.3, -0.25) is 10.0 Å². The number of hydrogen-bond acceptors (Lipinski definition) is 5. The summed E-state index contributed by atoms with van der Waals surface area (Å²) in [6.45, 7) is 2.04. The minimum Gasteiger partial charge on any atom is -0.363 e. The highest BCUT2D eigenvalue weighted by atomic mass is 35.5. The molecular formula is C18H28Cl2N4O2. The number of hydroxylamine groups is 1. The third kappa shape index (κ3) is 6.13. The monoisotopic (exact) mass is 402 g/mol. The Morgan fingerprint density at radius 3 is 2.69 bits per heavy atom. The van der Waals surface area contributed by atoms with E-state index in [0.29, 0.717) is 0 Å². The van der Waals surface area contributed by atoms with E-state index in [1.54, 1.807) is 17.8 Å². The number of halogens is 2. The van der Waals surface area contributed by atoms with Crippen LogP contribution in [-0.2, 0) is 4.79 Å². The van der Waals surface area contributed by atoms with Gasteiger partial charge >= 0.3 is 0 Å². The molecule has 0 spiro atoms. The number of pyridine rings is 1. The van der Waals surface area contributed by atoms with Crippen molar-refractivity contribution in [1.82, 2.24) is 15.8 Å². The number of carbonyl (C=O) groups is 1. The number of carbonyl (C=O) groups excluding carboxylic acids is 1. The summed E-state index contributed by atoms with van der Waals surface area (Å²) in [4.78, 5) is 15.5. The average Bonchev–Trinajstić information content (AvgIpc) is 3.26. The van der Waals surface area contributed by atoms with Crippen molar-refractivity contribution in [2.24, 2.45) is 5.92 Å². The molecule has 1 saturated carbocycles. The molecule has 4 N–H and O–H groups in total. The molecule has 1 saturated heterocycles. The van der Waals surface area contributed by atoms with E-state index in [9.17, 15) is 4.79 Å². The van der Waals surface area contributed by atoms with Gasteiger partial charge < -0.3 is 10.6 Å². The first-order valence-corrected chi connectivity index (χ1v) is 8.76. The summed E-state index contributed by atoms with van der Waals surface area (Å²) in [7, 11) is 0. The van der Waals surface area contributed by atoms with Gasteiger partial charge in [-0.1, -0.05) is 25.7 Å². The third-order valence-electron chi connectivity index (χ3n) is 5.11. The van der Waals surface area contributed by atoms with Gasteiger partial charge in [0.25, 0.3) is 5.91 Å². The maximum atomic E-state index is 11.0. The zero-order valence-corrected chi connectivity index (χ0v) is 16.4. The largest absolute Gasteiger partial charge is 0.363 e. The van der Waals surface area contributed by atoms with Crippen LogP contribution >= 0.6 is 24.8 Å². The number of rotatable bonds is 6. The molecule has 0 unspecified atom stereocenters. The zero-order chi connectivity index (χ0) is 16.8. The lowest BCUT2D eigenvalue weighted by atomic mass is 9.85. The van der Waals surface area contributed by atoms with Crippen molar-refractivity contribution in [2.75, 3.05) is 18.4 Å². The predicted molar refractivity (Wildman–Crippen MR) is 108 cm³/mol. The van der Waals surface area contributed by atoms with Crippen LogP contribution in [0.3, 0.4) is 0 Å². The highest BCUT2D eigenvalue weighted by molar-refractivity contribution is 5.90. The van der Waals surface area contributed by atoms with Crippen LogP contribution in [0.5, 0.6) is 0 Å². The number of anilines is 1. The van der Waals surface area contributed by atoms with E-state index in [-0.39, 0.29) is 30.4 Å². The van der Waals surface area contributed by atoms with E-state index in [0.717, 1.165) is 36.8 Å². The molecule has 0 bridgehead atoms. The van der Waals surface area contributed by atoms with Crippen LogP contribution in [0.15, 0.2) is 24.4 Å². The van der Waals surface area contributed by atoms with Gasteiger partial charge in [-0.05, 0) is 49.1 Å². The molecule has 1 atom stereocenters. The second-order valence-corrected chi connectivity index (χ2v) is 6.97. The predicted octanol–water partition coefficient (Wildman–Crippen LogP) is 3.17. The summed E-state index contributed by atoms with van der Waals surface area (Å²) >= 11 is 0. The smallest absolute Gasteiger partial charge is 0.267 e. The Bertz CT molecular complexity index is 583. The van der Waals surface area contributed by atoms with Crippen molar-refractivity contribution in [3.05, 3.63) is 30.0 Å². The van der Waals surface area contributed by atoms with Gasteiger partial charge in [0.1, 0.15) is 5.82 Å². The lowest BCUT2D eigenvalue weighted by Gasteiger charge is -2.33. The third-order valence-corrected chi connectivity index (χ3v) is 5.11. The van der Waals surface area contributed by atoms with E-state index in [2.05, 4.69) is 15.6 Å². The highest BCUT2D eigenvalue weighted by Gasteiger charge is 2.36. The summed E-state index contributed by atoms with van der Waals surface area (Å²) < 4.78 is 0. The lowest BCUT2D eigenvalue weighted by molar-refractivity contribution is -0.124. The Hall–Kier alpha value is -1.34. The van der Waals surface area contributed by atoms with E-state index in [1.165, 1.54) is 38.2 Å². The van der Waals surface area contributed by atoms with Crippen molar-refractivity contribution in [1.29, 1.82) is 0 Å². The Labute approximate surface area is 167 Å². The van der Waals surface area contributed by atoms with Crippen LogP contribution in [-0.4, -0.2) is 34.7 Å². The van der Waals surface area contributed by atoms with Crippen LogP contribution in [0.2, 0.25) is 0 Å². The van der Waals surface area contributed by atoms with E-state index >= 15 is 0 Å². The molecule has 3 rings (SSSR count). The number of nitrogens with zero attached hydrogens (tertiary/aromatic N) is 1. The molecular weight excluding hydrogens is 375 g/mol. The SMILES string of the molecule is Cl.Cl.O=C(/C=C/c1ccc(N[C@]2(CC3CCCC3)CCNC2)nc1)NO. The minimum atomic E-state index is -0.551. The van der Waals surface area contributed by atoms with E-state index in [1.807, 2.05) is 12.1 Å². The molecule has 2 aliphatic rings. The van der Waals surface area contributed by atoms with Crippen molar-refractivity contribution in [2.45, 2.75) is 44.1 Å². The fourth-order valence-corrected chi connectivity index (χ4v) is 3.90. The molecule has 1 amide bonds. The maximum absolute atomic E-state index is 11.0. The molecule has 8 heteroatoms. The summed E-state index contributed by atoms with van der Waals surface area (Å²) in [5.74, 6) is 1.15. The number of aromatic nitrogens is 1. The van der Waals surface area contributed by atoms with Gasteiger partial charge in [0.15, 0.2) is 0 Å². The molecule has 0 radical (unpaired) electrons. The topological polar surface area (TPSA) is 86.3 Å². The average molecular weight is 403 g/mol. The quantitative estimate of drug-likeness (QED) is 0.333. The van der Waals surface area contributed by atoms with Crippen LogP contribution in [0.4, 0.5) is 5.82 Å². The summed E-state index contributed by atoms with van der Waals surface area (Å²) in [5.41, 5.74) is 2.49. The normalized spacial score (nSPS) is 22.7. The summed E-state index contributed by atoms with van der Waals surface area (Å²) in [5, 5.41) is 15.6. The van der Waals surface area contributed by atoms with Crippen molar-refractivity contribution in [3.63, 3.8) is 0 Å². The maximum Gasteiger partial charge on any atom is 0.267 e. The van der Waals surface area contributed by atoms with Crippen molar-refractivity contribution < 1.29 is 10.0 Å².